The summed E-state index contributed by atoms with van der Waals surface area (Å²) in [5.74, 6) is -3.94. The Bertz CT molecular complexity index is 1740. The molecule has 0 bridgehead atoms. The van der Waals surface area contributed by atoms with Crippen LogP contribution in [0.25, 0.3) is 21.5 Å². The van der Waals surface area contributed by atoms with Gasteiger partial charge in [0.15, 0.2) is 0 Å². The van der Waals surface area contributed by atoms with E-state index in [1.165, 1.54) is 12.1 Å². The van der Waals surface area contributed by atoms with E-state index in [-0.39, 0.29) is 30.8 Å². The highest BCUT2D eigenvalue weighted by Gasteiger charge is 2.14. The summed E-state index contributed by atoms with van der Waals surface area (Å²) in [5, 5.41) is 2.71. The predicted octanol–water partition coefficient (Wildman–Crippen LogP) is 5.08. The van der Waals surface area contributed by atoms with Crippen molar-refractivity contribution >= 4 is 57.4 Å². The maximum Gasteiger partial charge on any atom is 0.341 e. The molecule has 0 fully saturated rings. The molecule has 0 atom stereocenters. The molecule has 0 amide bonds. The van der Waals surface area contributed by atoms with E-state index >= 15 is 0 Å². The van der Waals surface area contributed by atoms with E-state index in [0.717, 1.165) is 12.2 Å². The fourth-order valence-corrected chi connectivity index (χ4v) is 4.12. The van der Waals surface area contributed by atoms with Crippen molar-refractivity contribution in [3.63, 3.8) is 0 Å². The summed E-state index contributed by atoms with van der Waals surface area (Å²) < 4.78 is 29.7. The smallest absolute Gasteiger partial charge is 0.341 e. The molecule has 0 aliphatic heterocycles. The normalized spacial score (nSPS) is 10.4. The minimum Gasteiger partial charge on any atom is -0.462 e. The summed E-state index contributed by atoms with van der Waals surface area (Å²) in [6.45, 7) is 5.43. The summed E-state index contributed by atoms with van der Waals surface area (Å²) in [4.78, 5) is 71.6. The van der Waals surface area contributed by atoms with Crippen molar-refractivity contribution in [1.29, 1.82) is 0 Å². The standard InChI is InChI=1S/C35H28O12/c1-3-30(36)44-20-46-34(40)28-12-8-22-16-26(10-6-24(22)18-28)32(38)42-14-5-15-43-33(39)27-11-7-25-19-29(13-9-23(25)17-27)35(41)47-21-45-31(37)4-2/h3-4,6-13,16-19H,1-2,5,14-15,20-21H2. The minimum absolute atomic E-state index is 0.00867. The van der Waals surface area contributed by atoms with E-state index < -0.39 is 49.4 Å². The van der Waals surface area contributed by atoms with Crippen molar-refractivity contribution in [2.45, 2.75) is 6.42 Å². The van der Waals surface area contributed by atoms with Gasteiger partial charge >= 0.3 is 35.8 Å². The first kappa shape index (κ1) is 33.6. The van der Waals surface area contributed by atoms with E-state index in [1.54, 1.807) is 60.7 Å². The van der Waals surface area contributed by atoms with Crippen LogP contribution in [0.15, 0.2) is 98.1 Å². The molecule has 0 heterocycles. The highest BCUT2D eigenvalue weighted by molar-refractivity contribution is 6.00. The monoisotopic (exact) mass is 640 g/mol. The lowest BCUT2D eigenvalue weighted by molar-refractivity contribution is -0.147. The van der Waals surface area contributed by atoms with Gasteiger partial charge in [-0.2, -0.15) is 0 Å². The summed E-state index contributed by atoms with van der Waals surface area (Å²) in [6, 6.07) is 19.1. The lowest BCUT2D eigenvalue weighted by atomic mass is 10.0. The van der Waals surface area contributed by atoms with Crippen LogP contribution >= 0.6 is 0 Å². The average molecular weight is 641 g/mol. The molecule has 12 heteroatoms. The van der Waals surface area contributed by atoms with Crippen molar-refractivity contribution in [3.05, 3.63) is 120 Å². The van der Waals surface area contributed by atoms with Crippen molar-refractivity contribution in [2.24, 2.45) is 0 Å². The van der Waals surface area contributed by atoms with Gasteiger partial charge in [0.05, 0.1) is 35.5 Å². The predicted molar refractivity (Wildman–Crippen MR) is 166 cm³/mol. The molecule has 0 saturated carbocycles. The number of hydrogen-bond donors (Lipinski definition) is 0. The van der Waals surface area contributed by atoms with Crippen LogP contribution in [0.5, 0.6) is 0 Å². The van der Waals surface area contributed by atoms with Crippen LogP contribution in [-0.4, -0.2) is 62.6 Å². The van der Waals surface area contributed by atoms with E-state index in [9.17, 15) is 28.8 Å². The van der Waals surface area contributed by atoms with Crippen LogP contribution in [-0.2, 0) is 38.0 Å². The van der Waals surface area contributed by atoms with E-state index in [4.69, 9.17) is 18.9 Å². The summed E-state index contributed by atoms with van der Waals surface area (Å²) in [6.07, 6.45) is 2.17. The van der Waals surface area contributed by atoms with Crippen LogP contribution in [0, 0.1) is 0 Å². The van der Waals surface area contributed by atoms with Gasteiger partial charge in [0.25, 0.3) is 0 Å². The average Bonchev–Trinajstić information content (AvgIpc) is 3.09. The molecule has 47 heavy (non-hydrogen) atoms. The Labute approximate surface area is 268 Å². The lowest BCUT2D eigenvalue weighted by Crippen LogP contribution is -2.12. The van der Waals surface area contributed by atoms with Crippen LogP contribution in [0.4, 0.5) is 0 Å². The second kappa shape index (κ2) is 16.1. The van der Waals surface area contributed by atoms with Gasteiger partial charge in [0, 0.05) is 18.6 Å². The fourth-order valence-electron chi connectivity index (χ4n) is 4.12. The quantitative estimate of drug-likeness (QED) is 0.0592. The number of carbonyl (C=O) groups is 6. The van der Waals surface area contributed by atoms with E-state index in [1.807, 2.05) is 0 Å². The molecular formula is C35H28O12. The molecule has 0 unspecified atom stereocenters. The van der Waals surface area contributed by atoms with Gasteiger partial charge in [-0.15, -0.1) is 0 Å². The van der Waals surface area contributed by atoms with Gasteiger partial charge in [0.1, 0.15) is 0 Å². The molecule has 0 aromatic heterocycles. The van der Waals surface area contributed by atoms with Crippen molar-refractivity contribution in [2.75, 3.05) is 26.8 Å². The van der Waals surface area contributed by atoms with Gasteiger partial charge in [-0.05, 0) is 70.1 Å². The molecular weight excluding hydrogens is 612 g/mol. The van der Waals surface area contributed by atoms with Gasteiger partial charge in [-0.25, -0.2) is 28.8 Å². The highest BCUT2D eigenvalue weighted by atomic mass is 16.7. The van der Waals surface area contributed by atoms with Gasteiger partial charge in [-0.3, -0.25) is 0 Å². The van der Waals surface area contributed by atoms with Crippen molar-refractivity contribution in [1.82, 2.24) is 0 Å². The third kappa shape index (κ3) is 9.35. The number of esters is 6. The minimum atomic E-state index is -0.716. The highest BCUT2D eigenvalue weighted by Crippen LogP contribution is 2.21. The first-order valence-electron chi connectivity index (χ1n) is 14.0. The summed E-state index contributed by atoms with van der Waals surface area (Å²) in [7, 11) is 0. The molecule has 0 saturated heterocycles. The number of carbonyl (C=O) groups excluding carboxylic acids is 6. The second-order valence-corrected chi connectivity index (χ2v) is 9.61. The van der Waals surface area contributed by atoms with Crippen molar-refractivity contribution < 1.29 is 57.2 Å². The number of rotatable bonds is 14. The SMILES string of the molecule is C=CC(=O)OCOC(=O)c1ccc2cc(C(=O)OCCCOC(=O)c3ccc4cc(C(=O)OCOC(=O)C=C)ccc4c3)ccc2c1. The van der Waals surface area contributed by atoms with Gasteiger partial charge < -0.3 is 28.4 Å². The molecule has 12 nitrogen and oxygen atoms in total. The van der Waals surface area contributed by atoms with E-state index in [0.29, 0.717) is 32.7 Å². The molecule has 4 aromatic carbocycles. The molecule has 0 radical (unpaired) electrons. The second-order valence-electron chi connectivity index (χ2n) is 9.61. The van der Waals surface area contributed by atoms with Gasteiger partial charge in [-0.1, -0.05) is 37.4 Å². The first-order valence-corrected chi connectivity index (χ1v) is 14.0. The Kier molecular flexibility index (Phi) is 11.5. The number of ether oxygens (including phenoxy) is 6. The summed E-state index contributed by atoms with van der Waals surface area (Å²) in [5.41, 5.74) is 1.06. The maximum absolute atomic E-state index is 12.6. The third-order valence-corrected chi connectivity index (χ3v) is 6.49. The molecule has 4 rings (SSSR count). The summed E-state index contributed by atoms with van der Waals surface area (Å²) >= 11 is 0. The fraction of sp³-hybridized carbons (Fsp3) is 0.143. The molecule has 0 aliphatic rings. The number of fused-ring (bicyclic) bond motifs is 2. The Balaban J connectivity index is 1.22. The molecule has 0 aliphatic carbocycles. The zero-order valence-electron chi connectivity index (χ0n) is 24.9. The first-order chi connectivity index (χ1) is 22.7. The number of benzene rings is 4. The molecule has 240 valence electrons. The lowest BCUT2D eigenvalue weighted by Gasteiger charge is -2.09. The Morgan fingerprint density at radius 1 is 0.447 bits per heavy atom. The maximum atomic E-state index is 12.6. The molecule has 0 spiro atoms. The van der Waals surface area contributed by atoms with E-state index in [2.05, 4.69) is 22.6 Å². The zero-order valence-corrected chi connectivity index (χ0v) is 24.9. The molecule has 0 N–H and O–H groups in total. The van der Waals surface area contributed by atoms with Crippen LogP contribution in [0.2, 0.25) is 0 Å². The van der Waals surface area contributed by atoms with Crippen molar-refractivity contribution in [3.8, 4) is 0 Å². The Hall–Kier alpha value is -6.30. The van der Waals surface area contributed by atoms with Crippen LogP contribution < -0.4 is 0 Å². The third-order valence-electron chi connectivity index (χ3n) is 6.49. The zero-order chi connectivity index (χ0) is 33.8. The molecule has 4 aromatic rings. The number of hydrogen-bond acceptors (Lipinski definition) is 12. The van der Waals surface area contributed by atoms with Gasteiger partial charge in [0.2, 0.25) is 13.6 Å². The van der Waals surface area contributed by atoms with Crippen LogP contribution in [0.3, 0.4) is 0 Å². The van der Waals surface area contributed by atoms with Crippen LogP contribution in [0.1, 0.15) is 47.9 Å². The topological polar surface area (TPSA) is 158 Å². The Morgan fingerprint density at radius 3 is 1.04 bits per heavy atom. The largest absolute Gasteiger partial charge is 0.462 e. The Morgan fingerprint density at radius 2 is 0.745 bits per heavy atom.